The van der Waals surface area contributed by atoms with Gasteiger partial charge in [0.25, 0.3) is 0 Å². The average Bonchev–Trinajstić information content (AvgIpc) is 1.97. The maximum atomic E-state index is 12.7. The van der Waals surface area contributed by atoms with E-state index >= 15 is 0 Å². The summed E-state index contributed by atoms with van der Waals surface area (Å²) in [6.07, 6.45) is 0. The SMILES string of the molecule is OB(O)Oc1c(O)cccc1F.[KH]. The molecule has 1 aromatic rings. The van der Waals surface area contributed by atoms with E-state index in [4.69, 9.17) is 15.2 Å². The summed E-state index contributed by atoms with van der Waals surface area (Å²) in [6, 6.07) is 3.46. The molecule has 0 fully saturated rings. The van der Waals surface area contributed by atoms with Crippen LogP contribution in [0.4, 0.5) is 4.39 Å². The van der Waals surface area contributed by atoms with Crippen LogP contribution >= 0.6 is 0 Å². The first-order valence-corrected chi connectivity index (χ1v) is 3.11. The third kappa shape index (κ3) is 3.94. The summed E-state index contributed by atoms with van der Waals surface area (Å²) in [6.45, 7) is 0. The van der Waals surface area contributed by atoms with Crippen molar-refractivity contribution < 1.29 is 24.2 Å². The zero-order valence-corrected chi connectivity index (χ0v) is 5.94. The van der Waals surface area contributed by atoms with Gasteiger partial charge in [-0.15, -0.1) is 0 Å². The number of aromatic hydroxyl groups is 1. The molecule has 66 valence electrons. The van der Waals surface area contributed by atoms with Crippen LogP contribution in [0, 0.1) is 5.82 Å². The molecule has 1 aromatic carbocycles. The first-order chi connectivity index (χ1) is 5.61. The van der Waals surface area contributed by atoms with Crippen molar-refractivity contribution in [1.82, 2.24) is 0 Å². The van der Waals surface area contributed by atoms with Crippen LogP contribution in [0.3, 0.4) is 0 Å². The molecule has 0 bridgehead atoms. The first kappa shape index (κ1) is 13.4. The van der Waals surface area contributed by atoms with Gasteiger partial charge in [0.15, 0.2) is 17.3 Å². The summed E-state index contributed by atoms with van der Waals surface area (Å²) in [5.74, 6) is -1.92. The Bertz CT molecular complexity index is 263. The predicted octanol–water partition coefficient (Wildman–Crippen LogP) is -0.769. The van der Waals surface area contributed by atoms with Crippen LogP contribution in [0.2, 0.25) is 0 Å². The van der Waals surface area contributed by atoms with Gasteiger partial charge in [0.2, 0.25) is 0 Å². The molecular formula is C6H7BFKO4. The van der Waals surface area contributed by atoms with Crippen molar-refractivity contribution in [3.8, 4) is 11.5 Å². The Kier molecular flexibility index (Phi) is 6.14. The minimum atomic E-state index is -2.15. The molecule has 0 saturated carbocycles. The maximum absolute atomic E-state index is 12.7. The van der Waals surface area contributed by atoms with E-state index in [1.54, 1.807) is 0 Å². The third-order valence-electron chi connectivity index (χ3n) is 1.17. The van der Waals surface area contributed by atoms with Crippen molar-refractivity contribution in [2.45, 2.75) is 0 Å². The Morgan fingerprint density at radius 1 is 1.31 bits per heavy atom. The number of para-hydroxylation sites is 1. The van der Waals surface area contributed by atoms with E-state index in [1.165, 1.54) is 12.1 Å². The molecule has 0 aliphatic rings. The standard InChI is InChI=1S/C6H6BFO4.K.H/c8-4-2-1-3-5(9)6(4)12-7(10)11;;/h1-3,9-11H;;. The summed E-state index contributed by atoms with van der Waals surface area (Å²) < 4.78 is 16.9. The van der Waals surface area contributed by atoms with Crippen LogP contribution in [-0.2, 0) is 0 Å². The molecule has 0 amide bonds. The van der Waals surface area contributed by atoms with E-state index in [-0.39, 0.29) is 51.4 Å². The summed E-state index contributed by atoms with van der Waals surface area (Å²) in [4.78, 5) is 0. The van der Waals surface area contributed by atoms with Gasteiger partial charge in [-0.3, -0.25) is 0 Å². The number of halogens is 1. The second kappa shape index (κ2) is 5.97. The molecule has 0 heterocycles. The predicted molar refractivity (Wildman–Crippen MR) is 46.0 cm³/mol. The second-order valence-corrected chi connectivity index (χ2v) is 2.03. The van der Waals surface area contributed by atoms with E-state index in [0.717, 1.165) is 6.07 Å². The fraction of sp³-hybridized carbons (Fsp3) is 0. The summed E-state index contributed by atoms with van der Waals surface area (Å²) in [5, 5.41) is 25.6. The van der Waals surface area contributed by atoms with Crippen molar-refractivity contribution in [3.63, 3.8) is 0 Å². The van der Waals surface area contributed by atoms with Crippen LogP contribution in [0.5, 0.6) is 11.5 Å². The average molecular weight is 212 g/mol. The number of phenolic OH excluding ortho intramolecular Hbond substituents is 1. The molecule has 1 rings (SSSR count). The summed E-state index contributed by atoms with van der Waals surface area (Å²) >= 11 is 0. The molecule has 4 nitrogen and oxygen atoms in total. The summed E-state index contributed by atoms with van der Waals surface area (Å²) in [5.41, 5.74) is 0. The zero-order valence-electron chi connectivity index (χ0n) is 5.94. The van der Waals surface area contributed by atoms with Crippen LogP contribution in [-0.4, -0.2) is 73.9 Å². The van der Waals surface area contributed by atoms with E-state index in [1.807, 2.05) is 0 Å². The molecule has 0 radical (unpaired) electrons. The van der Waals surface area contributed by atoms with Crippen molar-refractivity contribution in [2.24, 2.45) is 0 Å². The molecule has 3 N–H and O–H groups in total. The number of rotatable bonds is 2. The fourth-order valence-electron chi connectivity index (χ4n) is 0.720. The number of hydrogen-bond acceptors (Lipinski definition) is 4. The van der Waals surface area contributed by atoms with Gasteiger partial charge < -0.3 is 19.8 Å². The van der Waals surface area contributed by atoms with Gasteiger partial charge in [-0.05, 0) is 12.1 Å². The van der Waals surface area contributed by atoms with Gasteiger partial charge in [-0.2, -0.15) is 0 Å². The minimum absolute atomic E-state index is 0. The van der Waals surface area contributed by atoms with E-state index in [0.29, 0.717) is 0 Å². The molecule has 13 heavy (non-hydrogen) atoms. The quantitative estimate of drug-likeness (QED) is 0.563. The third-order valence-corrected chi connectivity index (χ3v) is 1.17. The van der Waals surface area contributed by atoms with Crippen molar-refractivity contribution in [3.05, 3.63) is 24.0 Å². The number of hydrogen-bond donors (Lipinski definition) is 3. The van der Waals surface area contributed by atoms with Gasteiger partial charge in [0.05, 0.1) is 0 Å². The van der Waals surface area contributed by atoms with Crippen molar-refractivity contribution >= 4 is 58.7 Å². The van der Waals surface area contributed by atoms with Gasteiger partial charge in [-0.1, -0.05) is 6.07 Å². The van der Waals surface area contributed by atoms with Gasteiger partial charge in [0.1, 0.15) is 0 Å². The second-order valence-electron chi connectivity index (χ2n) is 2.03. The van der Waals surface area contributed by atoms with Crippen molar-refractivity contribution in [1.29, 1.82) is 0 Å². The van der Waals surface area contributed by atoms with Gasteiger partial charge in [0, 0.05) is 0 Å². The molecule has 0 saturated heterocycles. The molecule has 0 unspecified atom stereocenters. The molecule has 0 aromatic heterocycles. The van der Waals surface area contributed by atoms with Crippen molar-refractivity contribution in [2.75, 3.05) is 0 Å². The Hall–Kier alpha value is 0.371. The molecule has 7 heteroatoms. The van der Waals surface area contributed by atoms with Crippen LogP contribution < -0.4 is 4.65 Å². The summed E-state index contributed by atoms with van der Waals surface area (Å²) in [7, 11) is -2.15. The monoisotopic (exact) mass is 212 g/mol. The van der Waals surface area contributed by atoms with Crippen LogP contribution in [0.15, 0.2) is 18.2 Å². The van der Waals surface area contributed by atoms with E-state index in [9.17, 15) is 4.39 Å². The van der Waals surface area contributed by atoms with Gasteiger partial charge in [-0.25, -0.2) is 4.39 Å². The Morgan fingerprint density at radius 3 is 2.38 bits per heavy atom. The van der Waals surface area contributed by atoms with Crippen LogP contribution in [0.1, 0.15) is 0 Å². The fourth-order valence-corrected chi connectivity index (χ4v) is 0.720. The zero-order chi connectivity index (χ0) is 9.14. The first-order valence-electron chi connectivity index (χ1n) is 3.11. The molecular weight excluding hydrogens is 205 g/mol. The number of phenols is 1. The topological polar surface area (TPSA) is 69.9 Å². The van der Waals surface area contributed by atoms with E-state index in [2.05, 4.69) is 4.65 Å². The normalized spacial score (nSPS) is 8.85. The van der Waals surface area contributed by atoms with E-state index < -0.39 is 24.6 Å². The Morgan fingerprint density at radius 2 is 1.92 bits per heavy atom. The van der Waals surface area contributed by atoms with Gasteiger partial charge >= 0.3 is 58.7 Å². The molecule has 0 spiro atoms. The molecule has 0 atom stereocenters. The Balaban J connectivity index is 0.00000144. The van der Waals surface area contributed by atoms with Crippen LogP contribution in [0.25, 0.3) is 0 Å². The Labute approximate surface area is 117 Å². The molecule has 0 aliphatic heterocycles. The molecule has 0 aliphatic carbocycles. The number of benzene rings is 1.